The topological polar surface area (TPSA) is 99.9 Å². The van der Waals surface area contributed by atoms with Crippen LogP contribution in [0.15, 0.2) is 17.0 Å². The zero-order valence-electron chi connectivity index (χ0n) is 13.7. The van der Waals surface area contributed by atoms with Gasteiger partial charge in [0.2, 0.25) is 10.0 Å². The summed E-state index contributed by atoms with van der Waals surface area (Å²) in [5, 5.41) is 0. The van der Waals surface area contributed by atoms with E-state index in [9.17, 15) is 8.42 Å². The fourth-order valence-corrected chi connectivity index (χ4v) is 4.36. The first-order valence-electron chi connectivity index (χ1n) is 7.49. The second-order valence-electron chi connectivity index (χ2n) is 5.59. The Morgan fingerprint density at radius 1 is 1.00 bits per heavy atom. The van der Waals surface area contributed by atoms with E-state index in [1.165, 1.54) is 33.5 Å². The molecule has 8 heteroatoms. The normalized spacial score (nSPS) is 21.7. The molecule has 0 bridgehead atoms. The Morgan fingerprint density at radius 2 is 1.52 bits per heavy atom. The van der Waals surface area contributed by atoms with Crippen LogP contribution in [-0.4, -0.2) is 41.8 Å². The molecule has 0 saturated heterocycles. The van der Waals surface area contributed by atoms with Crippen molar-refractivity contribution < 1.29 is 22.6 Å². The van der Waals surface area contributed by atoms with Crippen molar-refractivity contribution in [3.05, 3.63) is 12.1 Å². The van der Waals surface area contributed by atoms with Crippen molar-refractivity contribution in [1.29, 1.82) is 0 Å². The molecule has 3 N–H and O–H groups in total. The van der Waals surface area contributed by atoms with E-state index in [2.05, 4.69) is 4.72 Å². The maximum Gasteiger partial charge on any atom is 0.248 e. The van der Waals surface area contributed by atoms with Crippen LogP contribution in [0.25, 0.3) is 0 Å². The van der Waals surface area contributed by atoms with Crippen LogP contribution in [0.1, 0.15) is 25.7 Å². The van der Waals surface area contributed by atoms with Crippen LogP contribution in [0.4, 0.5) is 0 Å². The fraction of sp³-hybridized carbons (Fsp3) is 0.600. The molecule has 0 amide bonds. The van der Waals surface area contributed by atoms with Gasteiger partial charge in [0.15, 0.2) is 4.90 Å². The summed E-state index contributed by atoms with van der Waals surface area (Å²) in [6.07, 6.45) is 3.07. The van der Waals surface area contributed by atoms with Crippen molar-refractivity contribution in [3.63, 3.8) is 0 Å². The van der Waals surface area contributed by atoms with Gasteiger partial charge in [0.1, 0.15) is 17.2 Å². The zero-order valence-corrected chi connectivity index (χ0v) is 14.5. The van der Waals surface area contributed by atoms with E-state index in [-0.39, 0.29) is 28.5 Å². The Morgan fingerprint density at radius 3 is 1.96 bits per heavy atom. The predicted octanol–water partition coefficient (Wildman–Crippen LogP) is 1.26. The second kappa shape index (κ2) is 7.37. The van der Waals surface area contributed by atoms with Gasteiger partial charge < -0.3 is 19.9 Å². The third-order valence-electron chi connectivity index (χ3n) is 4.03. The monoisotopic (exact) mass is 344 g/mol. The van der Waals surface area contributed by atoms with Gasteiger partial charge in [-0.3, -0.25) is 0 Å². The summed E-state index contributed by atoms with van der Waals surface area (Å²) in [6, 6.07) is 3.07. The minimum atomic E-state index is -3.78. The lowest BCUT2D eigenvalue weighted by molar-refractivity contribution is 0.354. The summed E-state index contributed by atoms with van der Waals surface area (Å²) in [4.78, 5) is -0.0156. The Bertz CT molecular complexity index is 614. The molecule has 1 aromatic rings. The van der Waals surface area contributed by atoms with Gasteiger partial charge in [-0.25, -0.2) is 13.1 Å². The number of benzene rings is 1. The number of hydrogen-bond donors (Lipinski definition) is 2. The quantitative estimate of drug-likeness (QED) is 0.806. The Hall–Kier alpha value is -1.51. The van der Waals surface area contributed by atoms with Crippen LogP contribution in [0.5, 0.6) is 17.2 Å². The molecule has 0 atom stereocenters. The number of hydrogen-bond acceptors (Lipinski definition) is 6. The highest BCUT2D eigenvalue weighted by Gasteiger charge is 2.30. The van der Waals surface area contributed by atoms with Gasteiger partial charge >= 0.3 is 0 Å². The molecule has 130 valence electrons. The van der Waals surface area contributed by atoms with Gasteiger partial charge in [0.05, 0.1) is 21.3 Å². The summed E-state index contributed by atoms with van der Waals surface area (Å²) in [5.41, 5.74) is 5.86. The van der Waals surface area contributed by atoms with Crippen LogP contribution in [0, 0.1) is 0 Å². The largest absolute Gasteiger partial charge is 0.496 e. The van der Waals surface area contributed by atoms with Crippen LogP contribution in [-0.2, 0) is 10.0 Å². The van der Waals surface area contributed by atoms with E-state index < -0.39 is 10.0 Å². The second-order valence-corrected chi connectivity index (χ2v) is 7.24. The number of ether oxygens (including phenoxy) is 3. The third-order valence-corrected chi connectivity index (χ3v) is 5.62. The van der Waals surface area contributed by atoms with Gasteiger partial charge in [0.25, 0.3) is 0 Å². The van der Waals surface area contributed by atoms with E-state index in [1.54, 1.807) is 0 Å². The molecule has 0 unspecified atom stereocenters. The Balaban J connectivity index is 2.34. The molecule has 0 radical (unpaired) electrons. The number of nitrogens with one attached hydrogen (secondary N) is 1. The summed E-state index contributed by atoms with van der Waals surface area (Å²) >= 11 is 0. The molecule has 0 aliphatic heterocycles. The average Bonchev–Trinajstić information content (AvgIpc) is 2.55. The number of sulfonamides is 1. The zero-order chi connectivity index (χ0) is 17.0. The molecule has 1 saturated carbocycles. The minimum absolute atomic E-state index is 0.0156. The van der Waals surface area contributed by atoms with Crippen LogP contribution >= 0.6 is 0 Å². The third kappa shape index (κ3) is 4.07. The number of nitrogens with two attached hydrogens (primary N) is 1. The number of methoxy groups -OCH3 is 3. The first-order valence-corrected chi connectivity index (χ1v) is 8.97. The van der Waals surface area contributed by atoms with Crippen molar-refractivity contribution in [3.8, 4) is 17.2 Å². The van der Waals surface area contributed by atoms with E-state index in [1.807, 2.05) is 0 Å². The molecule has 23 heavy (non-hydrogen) atoms. The molecule has 1 aliphatic carbocycles. The average molecular weight is 344 g/mol. The van der Waals surface area contributed by atoms with Gasteiger partial charge in [-0.1, -0.05) is 0 Å². The van der Waals surface area contributed by atoms with Crippen molar-refractivity contribution in [1.82, 2.24) is 4.72 Å². The number of rotatable bonds is 6. The van der Waals surface area contributed by atoms with Crippen LogP contribution in [0.2, 0.25) is 0 Å². The first-order chi connectivity index (χ1) is 10.9. The van der Waals surface area contributed by atoms with E-state index in [0.29, 0.717) is 5.75 Å². The molecule has 0 heterocycles. The summed E-state index contributed by atoms with van der Waals surface area (Å²) in [5.74, 6) is 0.823. The summed E-state index contributed by atoms with van der Waals surface area (Å²) in [7, 11) is 0.527. The highest BCUT2D eigenvalue weighted by atomic mass is 32.2. The smallest absolute Gasteiger partial charge is 0.248 e. The van der Waals surface area contributed by atoms with Crippen molar-refractivity contribution in [2.45, 2.75) is 42.7 Å². The molecule has 1 fully saturated rings. The molecule has 2 rings (SSSR count). The molecular formula is C15H24N2O5S. The maximum atomic E-state index is 12.8. The lowest BCUT2D eigenvalue weighted by atomic mass is 9.93. The molecule has 1 aromatic carbocycles. The Kier molecular flexibility index (Phi) is 5.72. The van der Waals surface area contributed by atoms with E-state index in [4.69, 9.17) is 19.9 Å². The van der Waals surface area contributed by atoms with Crippen LogP contribution in [0.3, 0.4) is 0 Å². The van der Waals surface area contributed by atoms with Gasteiger partial charge in [0, 0.05) is 24.2 Å². The SMILES string of the molecule is COc1cc(OC)c(S(=O)(=O)NC2CCC(N)CC2)c(OC)c1. The maximum absolute atomic E-state index is 12.8. The molecule has 0 spiro atoms. The van der Waals surface area contributed by atoms with E-state index >= 15 is 0 Å². The predicted molar refractivity (Wildman–Crippen MR) is 86.7 cm³/mol. The lowest BCUT2D eigenvalue weighted by Crippen LogP contribution is -2.40. The lowest BCUT2D eigenvalue weighted by Gasteiger charge is -2.27. The highest BCUT2D eigenvalue weighted by molar-refractivity contribution is 7.89. The summed E-state index contributed by atoms with van der Waals surface area (Å²) in [6.45, 7) is 0. The van der Waals surface area contributed by atoms with Crippen molar-refractivity contribution in [2.24, 2.45) is 5.73 Å². The van der Waals surface area contributed by atoms with Gasteiger partial charge in [-0.15, -0.1) is 0 Å². The van der Waals surface area contributed by atoms with E-state index in [0.717, 1.165) is 25.7 Å². The fourth-order valence-electron chi connectivity index (χ4n) is 2.75. The van der Waals surface area contributed by atoms with Gasteiger partial charge in [-0.2, -0.15) is 0 Å². The van der Waals surface area contributed by atoms with Crippen molar-refractivity contribution in [2.75, 3.05) is 21.3 Å². The molecule has 7 nitrogen and oxygen atoms in total. The van der Waals surface area contributed by atoms with Crippen molar-refractivity contribution >= 4 is 10.0 Å². The molecule has 0 aromatic heterocycles. The standard InChI is InChI=1S/C15H24N2O5S/c1-20-12-8-13(21-2)15(14(9-12)22-3)23(18,19)17-11-6-4-10(16)5-7-11/h8-11,17H,4-7,16H2,1-3H3. The minimum Gasteiger partial charge on any atom is -0.496 e. The highest BCUT2D eigenvalue weighted by Crippen LogP contribution is 2.37. The molecule has 1 aliphatic rings. The van der Waals surface area contributed by atoms with Gasteiger partial charge in [-0.05, 0) is 25.7 Å². The summed E-state index contributed by atoms with van der Waals surface area (Å²) < 4.78 is 43.9. The van der Waals surface area contributed by atoms with Crippen LogP contribution < -0.4 is 24.7 Å². The molecular weight excluding hydrogens is 320 g/mol. The Labute approximate surface area is 137 Å². The first kappa shape index (κ1) is 17.8.